The fraction of sp³-hybridized carbons (Fsp3) is 0.348. The largest absolute Gasteiger partial charge is 0.325 e. The van der Waals surface area contributed by atoms with Gasteiger partial charge in [0.1, 0.15) is 0 Å². The van der Waals surface area contributed by atoms with Crippen molar-refractivity contribution < 1.29 is 4.79 Å². The summed E-state index contributed by atoms with van der Waals surface area (Å²) >= 11 is 1.41. The molecule has 29 heavy (non-hydrogen) atoms. The van der Waals surface area contributed by atoms with Crippen LogP contribution >= 0.6 is 11.8 Å². The molecule has 2 aromatic carbocycles. The molecule has 0 saturated carbocycles. The smallest absolute Gasteiger partial charge is 0.237 e. The number of hydrogen-bond acceptors (Lipinski definition) is 4. The van der Waals surface area contributed by atoms with E-state index in [0.717, 1.165) is 33.4 Å². The lowest BCUT2D eigenvalue weighted by Crippen LogP contribution is -2.24. The van der Waals surface area contributed by atoms with E-state index in [1.165, 1.54) is 17.3 Å². The molecule has 0 radical (unpaired) electrons. The Balaban J connectivity index is 1.75. The van der Waals surface area contributed by atoms with Crippen LogP contribution in [0.4, 0.5) is 5.69 Å². The zero-order chi connectivity index (χ0) is 21.1. The van der Waals surface area contributed by atoms with Crippen LogP contribution in [-0.2, 0) is 11.8 Å². The summed E-state index contributed by atoms with van der Waals surface area (Å²) in [6, 6.07) is 14.3. The van der Waals surface area contributed by atoms with E-state index in [1.807, 2.05) is 49.7 Å². The molecule has 3 rings (SSSR count). The maximum Gasteiger partial charge on any atom is 0.237 e. The van der Waals surface area contributed by atoms with Gasteiger partial charge in [-0.15, -0.1) is 10.2 Å². The van der Waals surface area contributed by atoms with E-state index in [-0.39, 0.29) is 11.2 Å². The maximum atomic E-state index is 12.9. The predicted octanol–water partition coefficient (Wildman–Crippen LogP) is 5.34. The number of hydrogen-bond donors (Lipinski definition) is 1. The molecule has 1 aromatic heterocycles. The second-order valence-corrected chi connectivity index (χ2v) is 8.98. The minimum absolute atomic E-state index is 0.0360. The molecule has 0 bridgehead atoms. The van der Waals surface area contributed by atoms with E-state index in [0.29, 0.717) is 5.92 Å². The molecular formula is C23H28N4OS. The van der Waals surface area contributed by atoms with E-state index in [9.17, 15) is 4.79 Å². The fourth-order valence-corrected chi connectivity index (χ4v) is 3.97. The first kappa shape index (κ1) is 21.1. The van der Waals surface area contributed by atoms with Gasteiger partial charge in [-0.25, -0.2) is 0 Å². The van der Waals surface area contributed by atoms with Gasteiger partial charge in [0, 0.05) is 18.3 Å². The first-order chi connectivity index (χ1) is 13.8. The predicted molar refractivity (Wildman–Crippen MR) is 120 cm³/mol. The highest BCUT2D eigenvalue weighted by molar-refractivity contribution is 8.00. The molecule has 0 fully saturated rings. The van der Waals surface area contributed by atoms with Gasteiger partial charge in [0.15, 0.2) is 11.0 Å². The molecule has 0 spiro atoms. The fourth-order valence-electron chi connectivity index (χ4n) is 3.15. The summed E-state index contributed by atoms with van der Waals surface area (Å²) in [7, 11) is 1.93. The van der Waals surface area contributed by atoms with Crippen LogP contribution in [0.5, 0.6) is 0 Å². The average Bonchev–Trinajstić information content (AvgIpc) is 3.04. The van der Waals surface area contributed by atoms with Gasteiger partial charge in [0.25, 0.3) is 0 Å². The summed E-state index contributed by atoms with van der Waals surface area (Å²) in [6.45, 7) is 10.2. The zero-order valence-electron chi connectivity index (χ0n) is 17.9. The first-order valence-corrected chi connectivity index (χ1v) is 10.7. The van der Waals surface area contributed by atoms with Crippen molar-refractivity contribution in [1.82, 2.24) is 14.8 Å². The number of carbonyl (C=O) groups excluding carboxylic acids is 1. The van der Waals surface area contributed by atoms with E-state index in [2.05, 4.69) is 54.5 Å². The Morgan fingerprint density at radius 2 is 1.72 bits per heavy atom. The molecule has 0 aliphatic carbocycles. The van der Waals surface area contributed by atoms with E-state index in [1.54, 1.807) is 0 Å². The Bertz CT molecular complexity index is 1010. The van der Waals surface area contributed by atoms with Crippen LogP contribution in [0.1, 0.15) is 43.4 Å². The minimum atomic E-state index is -0.302. The van der Waals surface area contributed by atoms with Gasteiger partial charge in [-0.2, -0.15) is 0 Å². The number of nitrogens with zero attached hydrogens (tertiary/aromatic N) is 3. The third kappa shape index (κ3) is 4.70. The SMILES string of the molecule is Cc1ccc(-c2nnc(SC(C)C(=O)Nc3c(C)cccc3C(C)C)n2C)cc1. The van der Waals surface area contributed by atoms with Crippen molar-refractivity contribution >= 4 is 23.4 Å². The molecule has 1 amide bonds. The summed E-state index contributed by atoms with van der Waals surface area (Å²) in [5.41, 5.74) is 5.35. The second-order valence-electron chi connectivity index (χ2n) is 7.67. The molecule has 152 valence electrons. The van der Waals surface area contributed by atoms with Crippen molar-refractivity contribution in [3.63, 3.8) is 0 Å². The van der Waals surface area contributed by atoms with Crippen LogP contribution in [0, 0.1) is 13.8 Å². The Morgan fingerprint density at radius 1 is 1.03 bits per heavy atom. The zero-order valence-corrected chi connectivity index (χ0v) is 18.7. The van der Waals surface area contributed by atoms with Crippen LogP contribution in [0.3, 0.4) is 0 Å². The Kier molecular flexibility index (Phi) is 6.42. The Morgan fingerprint density at radius 3 is 2.38 bits per heavy atom. The van der Waals surface area contributed by atoms with Crippen molar-refractivity contribution in [3.05, 3.63) is 59.2 Å². The Hall–Kier alpha value is -2.60. The van der Waals surface area contributed by atoms with Crippen LogP contribution in [0.25, 0.3) is 11.4 Å². The minimum Gasteiger partial charge on any atom is -0.325 e. The number of aryl methyl sites for hydroxylation is 2. The summed E-state index contributed by atoms with van der Waals surface area (Å²) in [4.78, 5) is 12.9. The summed E-state index contributed by atoms with van der Waals surface area (Å²) in [5.74, 6) is 1.09. The van der Waals surface area contributed by atoms with Crippen LogP contribution in [0.2, 0.25) is 0 Å². The highest BCUT2D eigenvalue weighted by Gasteiger charge is 2.21. The van der Waals surface area contributed by atoms with Gasteiger partial charge in [-0.1, -0.05) is 73.6 Å². The average molecular weight is 409 g/mol. The molecule has 0 aliphatic rings. The van der Waals surface area contributed by atoms with E-state index in [4.69, 9.17) is 0 Å². The lowest BCUT2D eigenvalue weighted by atomic mass is 9.98. The van der Waals surface area contributed by atoms with Gasteiger partial charge < -0.3 is 9.88 Å². The van der Waals surface area contributed by atoms with Gasteiger partial charge in [-0.05, 0) is 37.8 Å². The first-order valence-electron chi connectivity index (χ1n) is 9.81. The lowest BCUT2D eigenvalue weighted by Gasteiger charge is -2.18. The summed E-state index contributed by atoms with van der Waals surface area (Å²) in [5, 5.41) is 12.2. The van der Waals surface area contributed by atoms with Gasteiger partial charge >= 0.3 is 0 Å². The number of nitrogens with one attached hydrogen (secondary N) is 1. The van der Waals surface area contributed by atoms with Gasteiger partial charge in [0.05, 0.1) is 5.25 Å². The van der Waals surface area contributed by atoms with Gasteiger partial charge in [-0.3, -0.25) is 4.79 Å². The Labute approximate surface area is 176 Å². The molecular weight excluding hydrogens is 380 g/mol. The number of para-hydroxylation sites is 1. The topological polar surface area (TPSA) is 59.8 Å². The van der Waals surface area contributed by atoms with Crippen molar-refractivity contribution in [1.29, 1.82) is 0 Å². The molecule has 1 heterocycles. The number of amides is 1. The van der Waals surface area contributed by atoms with Crippen molar-refractivity contribution in [3.8, 4) is 11.4 Å². The number of anilines is 1. The molecule has 1 unspecified atom stereocenters. The number of thioether (sulfide) groups is 1. The third-order valence-corrected chi connectivity index (χ3v) is 6.11. The van der Waals surface area contributed by atoms with E-state index < -0.39 is 0 Å². The lowest BCUT2D eigenvalue weighted by molar-refractivity contribution is -0.115. The normalized spacial score (nSPS) is 12.2. The second kappa shape index (κ2) is 8.82. The van der Waals surface area contributed by atoms with Crippen LogP contribution < -0.4 is 5.32 Å². The molecule has 0 aliphatic heterocycles. The number of benzene rings is 2. The maximum absolute atomic E-state index is 12.9. The third-order valence-electron chi connectivity index (χ3n) is 4.97. The number of carbonyl (C=O) groups is 1. The number of aromatic nitrogens is 3. The van der Waals surface area contributed by atoms with Crippen molar-refractivity contribution in [2.75, 3.05) is 5.32 Å². The van der Waals surface area contributed by atoms with Crippen molar-refractivity contribution in [2.24, 2.45) is 7.05 Å². The monoisotopic (exact) mass is 408 g/mol. The highest BCUT2D eigenvalue weighted by Crippen LogP contribution is 2.30. The molecule has 1 atom stereocenters. The summed E-state index contributed by atoms with van der Waals surface area (Å²) in [6.07, 6.45) is 0. The van der Waals surface area contributed by atoms with Gasteiger partial charge in [0.2, 0.25) is 5.91 Å². The summed E-state index contributed by atoms with van der Waals surface area (Å²) < 4.78 is 1.94. The molecule has 3 aromatic rings. The molecule has 0 saturated heterocycles. The van der Waals surface area contributed by atoms with Crippen LogP contribution in [-0.4, -0.2) is 25.9 Å². The highest BCUT2D eigenvalue weighted by atomic mass is 32.2. The number of rotatable bonds is 6. The molecule has 1 N–H and O–H groups in total. The van der Waals surface area contributed by atoms with Crippen molar-refractivity contribution in [2.45, 2.75) is 50.9 Å². The van der Waals surface area contributed by atoms with E-state index >= 15 is 0 Å². The van der Waals surface area contributed by atoms with Crippen LogP contribution in [0.15, 0.2) is 47.6 Å². The molecule has 5 nitrogen and oxygen atoms in total. The molecule has 6 heteroatoms. The quantitative estimate of drug-likeness (QED) is 0.559. The standard InChI is InChI=1S/C23H28N4OS/c1-14(2)19-9-7-8-16(4)20(19)24-22(28)17(5)29-23-26-25-21(27(23)6)18-12-10-15(3)11-13-18/h7-14,17H,1-6H3,(H,24,28).